The molecule has 2 rings (SSSR count). The van der Waals surface area contributed by atoms with Crippen molar-refractivity contribution in [1.29, 1.82) is 0 Å². The van der Waals surface area contributed by atoms with Gasteiger partial charge < -0.3 is 5.32 Å². The Morgan fingerprint density at radius 3 is 3.27 bits per heavy atom. The van der Waals surface area contributed by atoms with Gasteiger partial charge in [0.15, 0.2) is 5.65 Å². The molecular formula is C11H12N4. The molecule has 2 aromatic rings. The number of nitrogens with one attached hydrogen (secondary N) is 1. The maximum atomic E-state index is 4.37. The molecule has 15 heavy (non-hydrogen) atoms. The van der Waals surface area contributed by atoms with Crippen LogP contribution in [0.1, 0.15) is 13.3 Å². The van der Waals surface area contributed by atoms with Crippen molar-refractivity contribution in [2.45, 2.75) is 13.3 Å². The smallest absolute Gasteiger partial charge is 0.157 e. The second-order valence-corrected chi connectivity index (χ2v) is 3.05. The number of anilines is 1. The first-order valence-corrected chi connectivity index (χ1v) is 4.84. The highest BCUT2D eigenvalue weighted by atomic mass is 15.2. The molecule has 2 aromatic heterocycles. The molecule has 0 amide bonds. The topological polar surface area (TPSA) is 42.2 Å². The zero-order chi connectivity index (χ0) is 10.5. The minimum atomic E-state index is 0.818. The number of nitrogens with zero attached hydrogens (tertiary/aromatic N) is 3. The van der Waals surface area contributed by atoms with Gasteiger partial charge in [-0.05, 0) is 13.0 Å². The summed E-state index contributed by atoms with van der Waals surface area (Å²) in [6.07, 6.45) is 4.45. The Bertz CT molecular complexity index is 504. The van der Waals surface area contributed by atoms with Gasteiger partial charge in [-0.2, -0.15) is 5.10 Å². The molecule has 0 saturated carbocycles. The standard InChI is InChI=1S/C11H12N4/c1-2-3-4-7-12-10-6-9-15-11(14-10)5-8-13-15/h5-6,8-9H,4,7H2,1H3,(H,12,14). The Hall–Kier alpha value is -2.02. The fourth-order valence-corrected chi connectivity index (χ4v) is 1.29. The zero-order valence-corrected chi connectivity index (χ0v) is 8.57. The summed E-state index contributed by atoms with van der Waals surface area (Å²) in [7, 11) is 0. The molecule has 2 heterocycles. The van der Waals surface area contributed by atoms with E-state index >= 15 is 0 Å². The third-order valence-electron chi connectivity index (χ3n) is 1.99. The van der Waals surface area contributed by atoms with E-state index in [9.17, 15) is 0 Å². The first-order chi connectivity index (χ1) is 7.40. The summed E-state index contributed by atoms with van der Waals surface area (Å²) in [5.74, 6) is 6.71. The number of hydrogen-bond donors (Lipinski definition) is 1. The van der Waals surface area contributed by atoms with Crippen LogP contribution in [-0.4, -0.2) is 21.1 Å². The van der Waals surface area contributed by atoms with E-state index in [0.717, 1.165) is 24.4 Å². The summed E-state index contributed by atoms with van der Waals surface area (Å²) in [5, 5.41) is 7.28. The number of rotatable bonds is 3. The highest BCUT2D eigenvalue weighted by molar-refractivity contribution is 5.45. The maximum Gasteiger partial charge on any atom is 0.157 e. The van der Waals surface area contributed by atoms with Gasteiger partial charge in [-0.3, -0.25) is 0 Å². The summed E-state index contributed by atoms with van der Waals surface area (Å²) >= 11 is 0. The lowest BCUT2D eigenvalue weighted by Crippen LogP contribution is -2.03. The van der Waals surface area contributed by atoms with Crippen LogP contribution < -0.4 is 5.32 Å². The normalized spacial score (nSPS) is 9.67. The van der Waals surface area contributed by atoms with Crippen LogP contribution in [0.25, 0.3) is 5.65 Å². The van der Waals surface area contributed by atoms with Crippen LogP contribution in [0.3, 0.4) is 0 Å². The Morgan fingerprint density at radius 2 is 2.40 bits per heavy atom. The highest BCUT2D eigenvalue weighted by Crippen LogP contribution is 2.05. The predicted molar refractivity (Wildman–Crippen MR) is 59.5 cm³/mol. The van der Waals surface area contributed by atoms with Gasteiger partial charge in [0, 0.05) is 25.2 Å². The molecule has 0 atom stereocenters. The van der Waals surface area contributed by atoms with Crippen LogP contribution in [0.15, 0.2) is 24.5 Å². The molecular weight excluding hydrogens is 188 g/mol. The molecule has 0 fully saturated rings. The van der Waals surface area contributed by atoms with Crippen molar-refractivity contribution in [3.05, 3.63) is 24.5 Å². The van der Waals surface area contributed by atoms with Crippen LogP contribution in [0, 0.1) is 11.8 Å². The molecule has 0 saturated heterocycles. The first kappa shape index (κ1) is 9.53. The molecule has 1 N–H and O–H groups in total. The fraction of sp³-hybridized carbons (Fsp3) is 0.273. The van der Waals surface area contributed by atoms with Crippen LogP contribution in [-0.2, 0) is 0 Å². The molecule has 0 aliphatic carbocycles. The van der Waals surface area contributed by atoms with Crippen molar-refractivity contribution in [1.82, 2.24) is 14.6 Å². The van der Waals surface area contributed by atoms with E-state index in [-0.39, 0.29) is 0 Å². The molecule has 0 radical (unpaired) electrons. The molecule has 4 heteroatoms. The third-order valence-corrected chi connectivity index (χ3v) is 1.99. The van der Waals surface area contributed by atoms with Crippen molar-refractivity contribution >= 4 is 11.5 Å². The lowest BCUT2D eigenvalue weighted by molar-refractivity contribution is 0.936. The average Bonchev–Trinajstić information content (AvgIpc) is 2.71. The molecule has 0 spiro atoms. The maximum absolute atomic E-state index is 4.37. The molecule has 0 aromatic carbocycles. The Balaban J connectivity index is 2.03. The summed E-state index contributed by atoms with van der Waals surface area (Å²) in [5.41, 5.74) is 0.849. The summed E-state index contributed by atoms with van der Waals surface area (Å²) in [6, 6.07) is 3.77. The summed E-state index contributed by atoms with van der Waals surface area (Å²) < 4.78 is 1.73. The van der Waals surface area contributed by atoms with Gasteiger partial charge in [-0.25, -0.2) is 9.50 Å². The van der Waals surface area contributed by atoms with Gasteiger partial charge in [0.2, 0.25) is 0 Å². The Kier molecular flexibility index (Phi) is 2.84. The molecule has 76 valence electrons. The number of hydrogen-bond acceptors (Lipinski definition) is 3. The van der Waals surface area contributed by atoms with Gasteiger partial charge in [0.05, 0.1) is 6.20 Å². The van der Waals surface area contributed by atoms with Gasteiger partial charge in [-0.1, -0.05) is 0 Å². The SMILES string of the molecule is CC#CCCNc1ccn2nccc2n1. The minimum Gasteiger partial charge on any atom is -0.369 e. The Morgan fingerprint density at radius 1 is 1.47 bits per heavy atom. The lowest BCUT2D eigenvalue weighted by atomic mass is 10.4. The highest BCUT2D eigenvalue weighted by Gasteiger charge is 1.96. The van der Waals surface area contributed by atoms with Crippen molar-refractivity contribution in [3.63, 3.8) is 0 Å². The quantitative estimate of drug-likeness (QED) is 0.604. The van der Waals surface area contributed by atoms with Crippen molar-refractivity contribution in [2.75, 3.05) is 11.9 Å². The monoisotopic (exact) mass is 200 g/mol. The van der Waals surface area contributed by atoms with Crippen molar-refractivity contribution in [2.24, 2.45) is 0 Å². The predicted octanol–water partition coefficient (Wildman–Crippen LogP) is 1.55. The fourth-order valence-electron chi connectivity index (χ4n) is 1.29. The largest absolute Gasteiger partial charge is 0.369 e. The molecule has 0 bridgehead atoms. The first-order valence-electron chi connectivity index (χ1n) is 4.84. The van der Waals surface area contributed by atoms with Crippen LogP contribution in [0.4, 0.5) is 5.82 Å². The number of fused-ring (bicyclic) bond motifs is 1. The van der Waals surface area contributed by atoms with Gasteiger partial charge in [0.25, 0.3) is 0 Å². The molecule has 0 aliphatic heterocycles. The Labute approximate surface area is 88.3 Å². The summed E-state index contributed by atoms with van der Waals surface area (Å²) in [4.78, 5) is 4.37. The minimum absolute atomic E-state index is 0.818. The second-order valence-electron chi connectivity index (χ2n) is 3.05. The van der Waals surface area contributed by atoms with Crippen LogP contribution >= 0.6 is 0 Å². The van der Waals surface area contributed by atoms with Gasteiger partial charge in [0.1, 0.15) is 5.82 Å². The van der Waals surface area contributed by atoms with E-state index < -0.39 is 0 Å². The third kappa shape index (κ3) is 2.26. The number of aromatic nitrogens is 3. The van der Waals surface area contributed by atoms with Crippen LogP contribution in [0.2, 0.25) is 0 Å². The average molecular weight is 200 g/mol. The van der Waals surface area contributed by atoms with E-state index in [0.29, 0.717) is 0 Å². The van der Waals surface area contributed by atoms with E-state index in [1.807, 2.05) is 25.3 Å². The molecule has 0 aliphatic rings. The van der Waals surface area contributed by atoms with E-state index in [4.69, 9.17) is 0 Å². The van der Waals surface area contributed by atoms with Crippen molar-refractivity contribution < 1.29 is 0 Å². The second kappa shape index (κ2) is 4.47. The molecule has 4 nitrogen and oxygen atoms in total. The van der Waals surface area contributed by atoms with E-state index in [1.165, 1.54) is 0 Å². The molecule has 0 unspecified atom stereocenters. The van der Waals surface area contributed by atoms with E-state index in [1.54, 1.807) is 10.7 Å². The van der Waals surface area contributed by atoms with Gasteiger partial charge in [-0.15, -0.1) is 11.8 Å². The summed E-state index contributed by atoms with van der Waals surface area (Å²) in [6.45, 7) is 2.66. The zero-order valence-electron chi connectivity index (χ0n) is 8.57. The lowest BCUT2D eigenvalue weighted by Gasteiger charge is -2.02. The van der Waals surface area contributed by atoms with Gasteiger partial charge >= 0.3 is 0 Å². The van der Waals surface area contributed by atoms with Crippen LogP contribution in [0.5, 0.6) is 0 Å². The van der Waals surface area contributed by atoms with E-state index in [2.05, 4.69) is 27.2 Å². The van der Waals surface area contributed by atoms with Crippen molar-refractivity contribution in [3.8, 4) is 11.8 Å².